The second-order valence-corrected chi connectivity index (χ2v) is 6.79. The van der Waals surface area contributed by atoms with Crippen LogP contribution in [0.2, 0.25) is 0 Å². The smallest absolute Gasteiger partial charge is 0.0300 e. The number of nitrogens with zero attached hydrogens (tertiary/aromatic N) is 1. The number of aromatic nitrogens is 1. The van der Waals surface area contributed by atoms with E-state index < -0.39 is 0 Å². The molecular formula is C16H26N2. The average Bonchev–Trinajstić information content (AvgIpc) is 2.25. The summed E-state index contributed by atoms with van der Waals surface area (Å²) >= 11 is 0. The van der Waals surface area contributed by atoms with E-state index in [1.807, 2.05) is 12.4 Å². The molecule has 0 spiro atoms. The first-order valence-corrected chi connectivity index (χ1v) is 7.09. The maximum absolute atomic E-state index is 4.15. The molecule has 1 aliphatic rings. The van der Waals surface area contributed by atoms with Crippen LogP contribution < -0.4 is 5.32 Å². The highest BCUT2D eigenvalue weighted by Gasteiger charge is 2.31. The van der Waals surface area contributed by atoms with Crippen LogP contribution in [0.15, 0.2) is 18.5 Å². The third-order valence-corrected chi connectivity index (χ3v) is 4.10. The Morgan fingerprint density at radius 2 is 2.17 bits per heavy atom. The van der Waals surface area contributed by atoms with Gasteiger partial charge in [-0.05, 0) is 54.7 Å². The second kappa shape index (κ2) is 5.40. The van der Waals surface area contributed by atoms with Gasteiger partial charge in [0.2, 0.25) is 0 Å². The summed E-state index contributed by atoms with van der Waals surface area (Å²) in [6.45, 7) is 10.3. The van der Waals surface area contributed by atoms with Gasteiger partial charge in [-0.1, -0.05) is 20.8 Å². The van der Waals surface area contributed by atoms with Crippen molar-refractivity contribution in [2.45, 2.75) is 59.5 Å². The molecule has 1 saturated carbocycles. The molecule has 0 aliphatic heterocycles. The zero-order valence-corrected chi connectivity index (χ0v) is 12.2. The van der Waals surface area contributed by atoms with Gasteiger partial charge >= 0.3 is 0 Å². The van der Waals surface area contributed by atoms with Gasteiger partial charge in [-0.3, -0.25) is 4.98 Å². The summed E-state index contributed by atoms with van der Waals surface area (Å²) in [5, 5.41) is 3.74. The fourth-order valence-electron chi connectivity index (χ4n) is 3.46. The summed E-state index contributed by atoms with van der Waals surface area (Å²) in [5.41, 5.74) is 3.15. The summed E-state index contributed by atoms with van der Waals surface area (Å²) in [7, 11) is 0. The normalized spacial score (nSPS) is 27.1. The molecule has 1 aromatic rings. The minimum Gasteiger partial charge on any atom is -0.310 e. The first-order chi connectivity index (χ1) is 8.46. The lowest BCUT2D eigenvalue weighted by molar-refractivity contribution is 0.151. The van der Waals surface area contributed by atoms with Gasteiger partial charge in [-0.15, -0.1) is 0 Å². The van der Waals surface area contributed by atoms with Gasteiger partial charge < -0.3 is 5.32 Å². The standard InChI is InChI=1S/C16H26N2/c1-12-7-15(9-16(3,4)8-12)18-11-14-5-6-17-10-13(14)2/h5-6,10,12,15,18H,7-9,11H2,1-4H3. The average molecular weight is 246 g/mol. The highest BCUT2D eigenvalue weighted by atomic mass is 14.9. The molecule has 2 atom stereocenters. The molecule has 2 nitrogen and oxygen atoms in total. The molecule has 2 heteroatoms. The number of hydrogen-bond donors (Lipinski definition) is 1. The Kier molecular flexibility index (Phi) is 4.06. The Hall–Kier alpha value is -0.890. The lowest BCUT2D eigenvalue weighted by atomic mass is 9.70. The summed E-state index contributed by atoms with van der Waals surface area (Å²) in [6, 6.07) is 2.79. The van der Waals surface area contributed by atoms with E-state index in [1.54, 1.807) is 0 Å². The maximum Gasteiger partial charge on any atom is 0.0300 e. The van der Waals surface area contributed by atoms with Crippen LogP contribution >= 0.6 is 0 Å². The van der Waals surface area contributed by atoms with Crippen molar-refractivity contribution < 1.29 is 0 Å². The van der Waals surface area contributed by atoms with Crippen molar-refractivity contribution in [3.63, 3.8) is 0 Å². The van der Waals surface area contributed by atoms with Crippen LogP contribution in [0.1, 0.15) is 51.2 Å². The molecule has 100 valence electrons. The van der Waals surface area contributed by atoms with Gasteiger partial charge in [0.15, 0.2) is 0 Å². The fourth-order valence-corrected chi connectivity index (χ4v) is 3.46. The van der Waals surface area contributed by atoms with Crippen molar-refractivity contribution in [1.82, 2.24) is 10.3 Å². The number of rotatable bonds is 3. The van der Waals surface area contributed by atoms with Crippen molar-refractivity contribution >= 4 is 0 Å². The molecule has 1 aliphatic carbocycles. The van der Waals surface area contributed by atoms with Crippen LogP contribution in [0, 0.1) is 18.3 Å². The topological polar surface area (TPSA) is 24.9 Å². The van der Waals surface area contributed by atoms with Crippen LogP contribution in [0.4, 0.5) is 0 Å². The van der Waals surface area contributed by atoms with E-state index in [0.29, 0.717) is 11.5 Å². The molecule has 1 heterocycles. The van der Waals surface area contributed by atoms with Crippen LogP contribution in [0.3, 0.4) is 0 Å². The van der Waals surface area contributed by atoms with Gasteiger partial charge in [0, 0.05) is 25.0 Å². The third kappa shape index (κ3) is 3.55. The Morgan fingerprint density at radius 1 is 1.39 bits per heavy atom. The molecule has 2 unspecified atom stereocenters. The van der Waals surface area contributed by atoms with Crippen molar-refractivity contribution in [2.24, 2.45) is 11.3 Å². The minimum absolute atomic E-state index is 0.489. The Morgan fingerprint density at radius 3 is 2.83 bits per heavy atom. The zero-order chi connectivity index (χ0) is 13.2. The summed E-state index contributed by atoms with van der Waals surface area (Å²) in [5.74, 6) is 0.838. The molecule has 1 N–H and O–H groups in total. The van der Waals surface area contributed by atoms with Crippen LogP contribution in [0.5, 0.6) is 0 Å². The molecular weight excluding hydrogens is 220 g/mol. The predicted octanol–water partition coefficient (Wildman–Crippen LogP) is 3.69. The van der Waals surface area contributed by atoms with E-state index >= 15 is 0 Å². The first kappa shape index (κ1) is 13.5. The van der Waals surface area contributed by atoms with Crippen LogP contribution in [0.25, 0.3) is 0 Å². The molecule has 1 fully saturated rings. The van der Waals surface area contributed by atoms with Crippen molar-refractivity contribution in [2.75, 3.05) is 0 Å². The Labute approximate surface area is 111 Å². The van der Waals surface area contributed by atoms with Crippen molar-refractivity contribution in [3.8, 4) is 0 Å². The minimum atomic E-state index is 0.489. The number of nitrogens with one attached hydrogen (secondary N) is 1. The molecule has 0 radical (unpaired) electrons. The van der Waals surface area contributed by atoms with Crippen molar-refractivity contribution in [1.29, 1.82) is 0 Å². The largest absolute Gasteiger partial charge is 0.310 e. The SMILES string of the molecule is Cc1cnccc1CNC1CC(C)CC(C)(C)C1. The molecule has 2 rings (SSSR count). The van der Waals surface area contributed by atoms with Crippen LogP contribution in [-0.4, -0.2) is 11.0 Å². The van der Waals surface area contributed by atoms with E-state index in [4.69, 9.17) is 0 Å². The van der Waals surface area contributed by atoms with Gasteiger partial charge in [0.05, 0.1) is 0 Å². The third-order valence-electron chi connectivity index (χ3n) is 4.10. The van der Waals surface area contributed by atoms with Gasteiger partial charge in [-0.2, -0.15) is 0 Å². The van der Waals surface area contributed by atoms with E-state index in [2.05, 4.69) is 44.1 Å². The summed E-state index contributed by atoms with van der Waals surface area (Å²) in [4.78, 5) is 4.15. The first-order valence-electron chi connectivity index (χ1n) is 7.09. The van der Waals surface area contributed by atoms with E-state index in [0.717, 1.165) is 12.5 Å². The molecule has 1 aromatic heterocycles. The lowest BCUT2D eigenvalue weighted by Crippen LogP contribution is -2.39. The van der Waals surface area contributed by atoms with Crippen molar-refractivity contribution in [3.05, 3.63) is 29.6 Å². The molecule has 18 heavy (non-hydrogen) atoms. The fraction of sp³-hybridized carbons (Fsp3) is 0.688. The lowest BCUT2D eigenvalue weighted by Gasteiger charge is -2.39. The second-order valence-electron chi connectivity index (χ2n) is 6.79. The monoisotopic (exact) mass is 246 g/mol. The van der Waals surface area contributed by atoms with Gasteiger partial charge in [0.25, 0.3) is 0 Å². The van der Waals surface area contributed by atoms with Crippen LogP contribution in [-0.2, 0) is 6.54 Å². The molecule has 0 amide bonds. The summed E-state index contributed by atoms with van der Waals surface area (Å²) in [6.07, 6.45) is 7.80. The molecule has 0 bridgehead atoms. The number of aryl methyl sites for hydroxylation is 1. The molecule has 0 saturated heterocycles. The number of hydrogen-bond acceptors (Lipinski definition) is 2. The Balaban J connectivity index is 1.92. The predicted molar refractivity (Wildman–Crippen MR) is 76.4 cm³/mol. The van der Waals surface area contributed by atoms with E-state index in [1.165, 1.54) is 30.4 Å². The highest BCUT2D eigenvalue weighted by molar-refractivity contribution is 5.21. The zero-order valence-electron chi connectivity index (χ0n) is 12.2. The van der Waals surface area contributed by atoms with Gasteiger partial charge in [0.1, 0.15) is 0 Å². The summed E-state index contributed by atoms with van der Waals surface area (Å²) < 4.78 is 0. The quantitative estimate of drug-likeness (QED) is 0.879. The van der Waals surface area contributed by atoms with E-state index in [9.17, 15) is 0 Å². The maximum atomic E-state index is 4.15. The Bertz CT molecular complexity index is 398. The molecule has 0 aromatic carbocycles. The van der Waals surface area contributed by atoms with E-state index in [-0.39, 0.29) is 0 Å². The highest BCUT2D eigenvalue weighted by Crippen LogP contribution is 2.38. The van der Waals surface area contributed by atoms with Gasteiger partial charge in [-0.25, -0.2) is 0 Å². The number of pyridine rings is 1.